The molecule has 0 amide bonds. The number of likely N-dealkylation sites (N-methyl/N-ethyl adjacent to an activating group) is 1. The minimum absolute atomic E-state index is 0.235. The van der Waals surface area contributed by atoms with Crippen LogP contribution in [0.4, 0.5) is 0 Å². The summed E-state index contributed by atoms with van der Waals surface area (Å²) in [5.74, 6) is 0. The van der Waals surface area contributed by atoms with E-state index in [1.165, 1.54) is 16.8 Å². The molecule has 2 aromatic heterocycles. The molecule has 1 unspecified atom stereocenters. The third kappa shape index (κ3) is 3.10. The average molecular weight is 337 g/mol. The molecule has 5 heteroatoms. The highest BCUT2D eigenvalue weighted by molar-refractivity contribution is 9.10. The van der Waals surface area contributed by atoms with Gasteiger partial charge in [0.15, 0.2) is 0 Å². The SMILES string of the molecule is CCc1nn(C)c(CC(NC)c2cncc(C)c2)c1Br. The fourth-order valence-electron chi connectivity index (χ4n) is 2.39. The van der Waals surface area contributed by atoms with Gasteiger partial charge in [0.1, 0.15) is 0 Å². The lowest BCUT2D eigenvalue weighted by molar-refractivity contribution is 0.558. The zero-order valence-electron chi connectivity index (χ0n) is 12.4. The lowest BCUT2D eigenvalue weighted by atomic mass is 10.0. The van der Waals surface area contributed by atoms with Crippen LogP contribution in [0.2, 0.25) is 0 Å². The first-order chi connectivity index (χ1) is 9.56. The van der Waals surface area contributed by atoms with Crippen molar-refractivity contribution in [2.75, 3.05) is 7.05 Å². The van der Waals surface area contributed by atoms with Gasteiger partial charge in [-0.3, -0.25) is 9.67 Å². The van der Waals surface area contributed by atoms with Crippen LogP contribution in [0.5, 0.6) is 0 Å². The minimum Gasteiger partial charge on any atom is -0.313 e. The van der Waals surface area contributed by atoms with E-state index in [1.807, 2.05) is 31.2 Å². The van der Waals surface area contributed by atoms with Crippen LogP contribution in [-0.4, -0.2) is 21.8 Å². The van der Waals surface area contributed by atoms with E-state index in [9.17, 15) is 0 Å². The quantitative estimate of drug-likeness (QED) is 0.912. The molecule has 0 aliphatic carbocycles. The Bertz CT molecular complexity index is 592. The molecule has 0 aliphatic rings. The van der Waals surface area contributed by atoms with Crippen molar-refractivity contribution in [2.24, 2.45) is 7.05 Å². The molecule has 0 saturated heterocycles. The molecule has 108 valence electrons. The molecule has 0 spiro atoms. The summed E-state index contributed by atoms with van der Waals surface area (Å²) < 4.78 is 3.10. The molecule has 1 N–H and O–H groups in total. The maximum absolute atomic E-state index is 4.55. The predicted octanol–water partition coefficient (Wildman–Crippen LogP) is 2.95. The van der Waals surface area contributed by atoms with Gasteiger partial charge in [-0.25, -0.2) is 0 Å². The molecular weight excluding hydrogens is 316 g/mol. The summed E-state index contributed by atoms with van der Waals surface area (Å²) in [5, 5.41) is 7.93. The number of halogens is 1. The molecule has 2 rings (SSSR count). The monoisotopic (exact) mass is 336 g/mol. The fraction of sp³-hybridized carbons (Fsp3) is 0.467. The fourth-order valence-corrected chi connectivity index (χ4v) is 3.17. The maximum Gasteiger partial charge on any atom is 0.0766 e. The second-order valence-corrected chi connectivity index (χ2v) is 5.82. The van der Waals surface area contributed by atoms with Gasteiger partial charge in [-0.2, -0.15) is 5.10 Å². The van der Waals surface area contributed by atoms with Gasteiger partial charge in [-0.05, 0) is 47.4 Å². The average Bonchev–Trinajstić information content (AvgIpc) is 2.71. The van der Waals surface area contributed by atoms with Crippen molar-refractivity contribution in [3.63, 3.8) is 0 Å². The molecule has 0 aromatic carbocycles. The van der Waals surface area contributed by atoms with Crippen molar-refractivity contribution in [2.45, 2.75) is 32.7 Å². The number of nitrogens with one attached hydrogen (secondary N) is 1. The zero-order valence-corrected chi connectivity index (χ0v) is 14.0. The Morgan fingerprint density at radius 3 is 2.70 bits per heavy atom. The van der Waals surface area contributed by atoms with Gasteiger partial charge in [0.2, 0.25) is 0 Å². The lowest BCUT2D eigenvalue weighted by Gasteiger charge is -2.17. The molecule has 0 radical (unpaired) electrons. The van der Waals surface area contributed by atoms with Gasteiger partial charge in [-0.1, -0.05) is 13.0 Å². The van der Waals surface area contributed by atoms with Crippen LogP contribution in [0, 0.1) is 6.92 Å². The summed E-state index contributed by atoms with van der Waals surface area (Å²) in [7, 11) is 3.98. The first kappa shape index (κ1) is 15.2. The minimum atomic E-state index is 0.235. The Morgan fingerprint density at radius 2 is 2.15 bits per heavy atom. The van der Waals surface area contributed by atoms with Gasteiger partial charge >= 0.3 is 0 Å². The highest BCUT2D eigenvalue weighted by Crippen LogP contribution is 2.26. The van der Waals surface area contributed by atoms with Gasteiger partial charge in [-0.15, -0.1) is 0 Å². The van der Waals surface area contributed by atoms with E-state index >= 15 is 0 Å². The molecule has 20 heavy (non-hydrogen) atoms. The normalized spacial score (nSPS) is 12.7. The smallest absolute Gasteiger partial charge is 0.0766 e. The van der Waals surface area contributed by atoms with Crippen LogP contribution in [0.1, 0.15) is 35.5 Å². The summed E-state index contributed by atoms with van der Waals surface area (Å²) in [4.78, 5) is 4.29. The molecular formula is C15H21BrN4. The number of rotatable bonds is 5. The summed E-state index contributed by atoms with van der Waals surface area (Å²) >= 11 is 3.68. The molecule has 0 aliphatic heterocycles. The third-order valence-corrected chi connectivity index (χ3v) is 4.46. The highest BCUT2D eigenvalue weighted by atomic mass is 79.9. The van der Waals surface area contributed by atoms with Crippen molar-refractivity contribution in [1.29, 1.82) is 0 Å². The Labute approximate surface area is 128 Å². The second-order valence-electron chi connectivity index (χ2n) is 5.03. The summed E-state index contributed by atoms with van der Waals surface area (Å²) in [6.07, 6.45) is 5.63. The molecule has 4 nitrogen and oxygen atoms in total. The van der Waals surface area contributed by atoms with Crippen LogP contribution in [0.15, 0.2) is 22.9 Å². The van der Waals surface area contributed by atoms with E-state index in [2.05, 4.69) is 51.2 Å². The van der Waals surface area contributed by atoms with Crippen LogP contribution < -0.4 is 5.32 Å². The standard InChI is InChI=1S/C15H21BrN4/c1-5-12-15(16)14(20(4)19-12)7-13(17-3)11-6-10(2)8-18-9-11/h6,8-9,13,17H,5,7H2,1-4H3. The number of hydrogen-bond acceptors (Lipinski definition) is 3. The van der Waals surface area contributed by atoms with Gasteiger partial charge in [0, 0.05) is 31.9 Å². The first-order valence-corrected chi connectivity index (χ1v) is 7.65. The van der Waals surface area contributed by atoms with E-state index in [-0.39, 0.29) is 6.04 Å². The number of pyridine rings is 1. The van der Waals surface area contributed by atoms with Crippen LogP contribution in [0.3, 0.4) is 0 Å². The molecule has 0 saturated carbocycles. The van der Waals surface area contributed by atoms with Crippen molar-refractivity contribution in [1.82, 2.24) is 20.1 Å². The summed E-state index contributed by atoms with van der Waals surface area (Å²) in [6.45, 7) is 4.19. The topological polar surface area (TPSA) is 42.7 Å². The Kier molecular flexibility index (Phi) is 4.94. The molecule has 0 bridgehead atoms. The number of aromatic nitrogens is 3. The first-order valence-electron chi connectivity index (χ1n) is 6.85. The Morgan fingerprint density at radius 1 is 1.40 bits per heavy atom. The van der Waals surface area contributed by atoms with Crippen molar-refractivity contribution in [3.8, 4) is 0 Å². The van der Waals surface area contributed by atoms with Crippen LogP contribution in [-0.2, 0) is 19.9 Å². The maximum atomic E-state index is 4.55. The van der Waals surface area contributed by atoms with Gasteiger partial charge < -0.3 is 5.32 Å². The number of nitrogens with zero attached hydrogens (tertiary/aromatic N) is 3. The number of hydrogen-bond donors (Lipinski definition) is 1. The van der Waals surface area contributed by atoms with Crippen LogP contribution in [0.25, 0.3) is 0 Å². The molecule has 2 heterocycles. The Balaban J connectivity index is 2.29. The van der Waals surface area contributed by atoms with E-state index < -0.39 is 0 Å². The van der Waals surface area contributed by atoms with Crippen molar-refractivity contribution in [3.05, 3.63) is 45.4 Å². The largest absolute Gasteiger partial charge is 0.313 e. The van der Waals surface area contributed by atoms with E-state index in [1.54, 1.807) is 0 Å². The predicted molar refractivity (Wildman–Crippen MR) is 84.8 cm³/mol. The van der Waals surface area contributed by atoms with E-state index in [0.29, 0.717) is 0 Å². The summed E-state index contributed by atoms with van der Waals surface area (Å²) in [5.41, 5.74) is 4.71. The van der Waals surface area contributed by atoms with E-state index in [0.717, 1.165) is 23.0 Å². The highest BCUT2D eigenvalue weighted by Gasteiger charge is 2.18. The van der Waals surface area contributed by atoms with Crippen LogP contribution >= 0.6 is 15.9 Å². The Hall–Kier alpha value is -1.20. The summed E-state index contributed by atoms with van der Waals surface area (Å²) in [6, 6.07) is 2.41. The lowest BCUT2D eigenvalue weighted by Crippen LogP contribution is -2.20. The van der Waals surface area contributed by atoms with E-state index in [4.69, 9.17) is 0 Å². The second kappa shape index (κ2) is 6.50. The van der Waals surface area contributed by atoms with Gasteiger partial charge in [0.25, 0.3) is 0 Å². The van der Waals surface area contributed by atoms with Crippen molar-refractivity contribution < 1.29 is 0 Å². The van der Waals surface area contributed by atoms with Gasteiger partial charge in [0.05, 0.1) is 15.9 Å². The third-order valence-electron chi connectivity index (χ3n) is 3.55. The van der Waals surface area contributed by atoms with Crippen molar-refractivity contribution >= 4 is 15.9 Å². The molecule has 0 fully saturated rings. The zero-order chi connectivity index (χ0) is 14.7. The molecule has 1 atom stereocenters. The molecule has 2 aromatic rings. The number of aryl methyl sites for hydroxylation is 3.